The van der Waals surface area contributed by atoms with Crippen molar-refractivity contribution in [1.29, 1.82) is 0 Å². The highest BCUT2D eigenvalue weighted by Gasteiger charge is 2.20. The van der Waals surface area contributed by atoms with E-state index in [0.717, 1.165) is 12.0 Å². The van der Waals surface area contributed by atoms with Crippen LogP contribution in [0, 0.1) is 0 Å². The molecular formula is C23H30N2O6. The highest BCUT2D eigenvalue weighted by Crippen LogP contribution is 2.38. The van der Waals surface area contributed by atoms with Crippen molar-refractivity contribution in [2.24, 2.45) is 0 Å². The number of rotatable bonds is 9. The molecule has 0 saturated heterocycles. The first-order valence-corrected chi connectivity index (χ1v) is 10.0. The first-order chi connectivity index (χ1) is 14.9. The van der Waals surface area contributed by atoms with Crippen LogP contribution < -0.4 is 29.8 Å². The van der Waals surface area contributed by atoms with Crippen LogP contribution in [0.3, 0.4) is 0 Å². The van der Waals surface area contributed by atoms with Crippen LogP contribution in [-0.2, 0) is 4.79 Å². The van der Waals surface area contributed by atoms with Gasteiger partial charge in [0.25, 0.3) is 11.8 Å². The molecule has 2 rings (SSSR count). The molecule has 0 heterocycles. The number of amides is 2. The molecule has 0 aromatic heterocycles. The molecule has 0 bridgehead atoms. The van der Waals surface area contributed by atoms with E-state index in [2.05, 4.69) is 24.7 Å². The van der Waals surface area contributed by atoms with Crippen LogP contribution in [0.4, 0.5) is 0 Å². The number of hydrogen-bond acceptors (Lipinski definition) is 6. The second-order valence-corrected chi connectivity index (χ2v) is 6.96. The van der Waals surface area contributed by atoms with Crippen LogP contribution in [0.15, 0.2) is 36.4 Å². The van der Waals surface area contributed by atoms with Crippen molar-refractivity contribution in [1.82, 2.24) is 10.9 Å². The quantitative estimate of drug-likeness (QED) is 0.592. The van der Waals surface area contributed by atoms with Crippen molar-refractivity contribution in [3.05, 3.63) is 47.5 Å². The lowest BCUT2D eigenvalue weighted by atomic mass is 9.98. The lowest BCUT2D eigenvalue weighted by Crippen LogP contribution is -2.47. The molecule has 31 heavy (non-hydrogen) atoms. The van der Waals surface area contributed by atoms with E-state index in [0.29, 0.717) is 28.9 Å². The topological polar surface area (TPSA) is 95.1 Å². The van der Waals surface area contributed by atoms with E-state index in [1.807, 2.05) is 24.3 Å². The Morgan fingerprint density at radius 3 is 2.06 bits per heavy atom. The highest BCUT2D eigenvalue weighted by molar-refractivity contribution is 5.97. The maximum Gasteiger partial charge on any atom is 0.279 e. The van der Waals surface area contributed by atoms with Gasteiger partial charge < -0.3 is 18.9 Å². The van der Waals surface area contributed by atoms with Gasteiger partial charge in [0.15, 0.2) is 17.6 Å². The van der Waals surface area contributed by atoms with Gasteiger partial charge in [0, 0.05) is 5.56 Å². The van der Waals surface area contributed by atoms with E-state index < -0.39 is 17.9 Å². The van der Waals surface area contributed by atoms with Crippen LogP contribution in [0.5, 0.6) is 23.0 Å². The summed E-state index contributed by atoms with van der Waals surface area (Å²) in [5, 5.41) is 0. The summed E-state index contributed by atoms with van der Waals surface area (Å²) in [5.74, 6) is 0.946. The summed E-state index contributed by atoms with van der Waals surface area (Å²) in [5.41, 5.74) is 6.04. The number of para-hydroxylation sites is 1. The van der Waals surface area contributed by atoms with Crippen molar-refractivity contribution < 1.29 is 28.5 Å². The Morgan fingerprint density at radius 2 is 1.52 bits per heavy atom. The molecule has 2 aromatic carbocycles. The number of ether oxygens (including phenoxy) is 4. The molecular weight excluding hydrogens is 400 g/mol. The zero-order valence-electron chi connectivity index (χ0n) is 18.8. The number of hydrazine groups is 1. The Hall–Kier alpha value is -3.42. The van der Waals surface area contributed by atoms with Crippen LogP contribution in [0.2, 0.25) is 0 Å². The zero-order chi connectivity index (χ0) is 23.0. The minimum atomic E-state index is -0.814. The van der Waals surface area contributed by atoms with Gasteiger partial charge in [-0.15, -0.1) is 0 Å². The molecule has 2 aromatic rings. The van der Waals surface area contributed by atoms with E-state index in [9.17, 15) is 9.59 Å². The Balaban J connectivity index is 2.05. The molecule has 2 atom stereocenters. The van der Waals surface area contributed by atoms with Crippen molar-refractivity contribution in [3.8, 4) is 23.0 Å². The summed E-state index contributed by atoms with van der Waals surface area (Å²) >= 11 is 0. The number of benzene rings is 2. The second-order valence-electron chi connectivity index (χ2n) is 6.96. The summed E-state index contributed by atoms with van der Waals surface area (Å²) in [6.45, 7) is 5.81. The normalized spacial score (nSPS) is 12.3. The monoisotopic (exact) mass is 430 g/mol. The maximum atomic E-state index is 12.5. The van der Waals surface area contributed by atoms with E-state index >= 15 is 0 Å². The minimum absolute atomic E-state index is 0.227. The van der Waals surface area contributed by atoms with Crippen LogP contribution >= 0.6 is 0 Å². The zero-order valence-corrected chi connectivity index (χ0v) is 18.8. The lowest BCUT2D eigenvalue weighted by molar-refractivity contribution is -0.128. The third-order valence-corrected chi connectivity index (χ3v) is 4.96. The average Bonchev–Trinajstić information content (AvgIpc) is 2.80. The van der Waals surface area contributed by atoms with Gasteiger partial charge in [-0.25, -0.2) is 0 Å². The summed E-state index contributed by atoms with van der Waals surface area (Å²) in [4.78, 5) is 25.0. The molecule has 0 aliphatic heterocycles. The highest BCUT2D eigenvalue weighted by atomic mass is 16.5. The number of nitrogens with one attached hydrogen (secondary N) is 2. The first-order valence-electron chi connectivity index (χ1n) is 10.0. The van der Waals surface area contributed by atoms with Gasteiger partial charge in [-0.1, -0.05) is 32.0 Å². The molecule has 0 aliphatic rings. The van der Waals surface area contributed by atoms with Crippen LogP contribution in [0.25, 0.3) is 0 Å². The molecule has 168 valence electrons. The molecule has 8 nitrogen and oxygen atoms in total. The van der Waals surface area contributed by atoms with Gasteiger partial charge >= 0.3 is 0 Å². The molecule has 0 spiro atoms. The summed E-state index contributed by atoms with van der Waals surface area (Å²) < 4.78 is 21.6. The van der Waals surface area contributed by atoms with Crippen molar-refractivity contribution in [3.63, 3.8) is 0 Å². The molecule has 0 aliphatic carbocycles. The van der Waals surface area contributed by atoms with E-state index in [1.165, 1.54) is 33.5 Å². The second kappa shape index (κ2) is 11.1. The molecule has 2 N–H and O–H groups in total. The van der Waals surface area contributed by atoms with E-state index in [1.54, 1.807) is 6.92 Å². The average molecular weight is 431 g/mol. The van der Waals surface area contributed by atoms with Gasteiger partial charge in [-0.3, -0.25) is 20.4 Å². The Bertz CT molecular complexity index is 890. The summed E-state index contributed by atoms with van der Waals surface area (Å²) in [7, 11) is 4.38. The smallest absolute Gasteiger partial charge is 0.279 e. The predicted octanol–water partition coefficient (Wildman–Crippen LogP) is 3.45. The Labute approximate surface area is 182 Å². The molecule has 2 amide bonds. The molecule has 0 fully saturated rings. The van der Waals surface area contributed by atoms with Crippen molar-refractivity contribution >= 4 is 11.8 Å². The van der Waals surface area contributed by atoms with Crippen molar-refractivity contribution in [2.45, 2.75) is 39.2 Å². The van der Waals surface area contributed by atoms with Gasteiger partial charge in [0.2, 0.25) is 5.75 Å². The van der Waals surface area contributed by atoms with Gasteiger partial charge in [-0.05, 0) is 43.0 Å². The van der Waals surface area contributed by atoms with Crippen LogP contribution in [0.1, 0.15) is 49.0 Å². The SMILES string of the molecule is CCC(C)c1ccccc1OC(C)C(=O)NNC(=O)c1cc(OC)c(OC)c(OC)c1. The molecule has 0 saturated carbocycles. The molecule has 2 unspecified atom stereocenters. The number of methoxy groups -OCH3 is 3. The lowest BCUT2D eigenvalue weighted by Gasteiger charge is -2.20. The fourth-order valence-corrected chi connectivity index (χ4v) is 2.96. The van der Waals surface area contributed by atoms with Gasteiger partial charge in [0.1, 0.15) is 5.75 Å². The van der Waals surface area contributed by atoms with E-state index in [4.69, 9.17) is 18.9 Å². The summed E-state index contributed by atoms with van der Waals surface area (Å²) in [6.07, 6.45) is 0.136. The molecule has 8 heteroatoms. The first kappa shape index (κ1) is 23.9. The number of hydrogen-bond donors (Lipinski definition) is 2. The maximum absolute atomic E-state index is 12.5. The predicted molar refractivity (Wildman–Crippen MR) is 117 cm³/mol. The minimum Gasteiger partial charge on any atom is -0.493 e. The molecule has 0 radical (unpaired) electrons. The Morgan fingerprint density at radius 1 is 0.903 bits per heavy atom. The van der Waals surface area contributed by atoms with Crippen LogP contribution in [-0.4, -0.2) is 39.2 Å². The number of carbonyl (C=O) groups is 2. The fraction of sp³-hybridized carbons (Fsp3) is 0.391. The standard InChI is InChI=1S/C23H30N2O6/c1-7-14(2)17-10-8-9-11-18(17)31-15(3)22(26)24-25-23(27)16-12-19(28-4)21(30-6)20(13-16)29-5/h8-15H,7H2,1-6H3,(H,24,26)(H,25,27). The number of carbonyl (C=O) groups excluding carboxylic acids is 2. The third kappa shape index (κ3) is 5.81. The van der Waals surface area contributed by atoms with Crippen molar-refractivity contribution in [2.75, 3.05) is 21.3 Å². The summed E-state index contributed by atoms with van der Waals surface area (Å²) in [6, 6.07) is 10.6. The van der Waals surface area contributed by atoms with Gasteiger partial charge in [-0.2, -0.15) is 0 Å². The third-order valence-electron chi connectivity index (χ3n) is 4.96. The fourth-order valence-electron chi connectivity index (χ4n) is 2.96. The Kier molecular flexibility index (Phi) is 8.54. The van der Waals surface area contributed by atoms with E-state index in [-0.39, 0.29) is 5.56 Å². The van der Waals surface area contributed by atoms with Gasteiger partial charge in [0.05, 0.1) is 21.3 Å². The largest absolute Gasteiger partial charge is 0.493 e.